The molecule has 0 aliphatic carbocycles. The summed E-state index contributed by atoms with van der Waals surface area (Å²) in [5.74, 6) is -0.140. The molecule has 1 saturated heterocycles. The number of carbonyl (C=O) groups is 2. The van der Waals surface area contributed by atoms with Gasteiger partial charge in [0.05, 0.1) is 5.75 Å². The highest BCUT2D eigenvalue weighted by Crippen LogP contribution is 2.28. The summed E-state index contributed by atoms with van der Waals surface area (Å²) in [7, 11) is 0. The van der Waals surface area contributed by atoms with E-state index in [4.69, 9.17) is 0 Å². The van der Waals surface area contributed by atoms with Gasteiger partial charge in [-0.3, -0.25) is 9.59 Å². The molecule has 30 heavy (non-hydrogen) atoms. The summed E-state index contributed by atoms with van der Waals surface area (Å²) < 4.78 is 13.6. The van der Waals surface area contributed by atoms with Gasteiger partial charge in [-0.15, -0.1) is 10.2 Å². The summed E-state index contributed by atoms with van der Waals surface area (Å²) in [5.41, 5.74) is 2.23. The molecule has 1 fully saturated rings. The molecule has 4 rings (SSSR count). The number of nitrogens with zero attached hydrogens (tertiary/aromatic N) is 3. The van der Waals surface area contributed by atoms with Gasteiger partial charge in [-0.1, -0.05) is 23.1 Å². The summed E-state index contributed by atoms with van der Waals surface area (Å²) >= 11 is 2.60. The van der Waals surface area contributed by atoms with E-state index in [0.717, 1.165) is 18.7 Å². The molecule has 3 aromatic rings. The molecule has 2 N–H and O–H groups in total. The third-order valence-electron chi connectivity index (χ3n) is 4.36. The molecule has 0 saturated carbocycles. The van der Waals surface area contributed by atoms with Crippen LogP contribution in [0, 0.1) is 5.82 Å². The molecule has 154 valence electrons. The average molecular weight is 444 g/mol. The van der Waals surface area contributed by atoms with Crippen molar-refractivity contribution in [2.45, 2.75) is 17.2 Å². The smallest absolute Gasteiger partial charge is 0.234 e. The van der Waals surface area contributed by atoms with Crippen molar-refractivity contribution in [1.82, 2.24) is 10.2 Å². The van der Waals surface area contributed by atoms with Gasteiger partial charge in [0.15, 0.2) is 4.34 Å². The number of aromatic nitrogens is 2. The molecule has 0 spiro atoms. The Hall–Kier alpha value is -2.98. The first-order valence-corrected chi connectivity index (χ1v) is 11.1. The third-order valence-corrected chi connectivity index (χ3v) is 6.34. The monoisotopic (exact) mass is 443 g/mol. The normalized spacial score (nSPS) is 13.5. The summed E-state index contributed by atoms with van der Waals surface area (Å²) in [6.45, 7) is 0.737. The molecule has 10 heteroatoms. The van der Waals surface area contributed by atoms with Gasteiger partial charge in [0.1, 0.15) is 5.82 Å². The first-order chi connectivity index (χ1) is 14.6. The molecule has 1 aromatic heterocycles. The van der Waals surface area contributed by atoms with Crippen LogP contribution in [0.5, 0.6) is 0 Å². The minimum atomic E-state index is -0.306. The highest BCUT2D eigenvalue weighted by atomic mass is 32.2. The highest BCUT2D eigenvalue weighted by molar-refractivity contribution is 8.01. The fourth-order valence-corrected chi connectivity index (χ4v) is 4.52. The van der Waals surface area contributed by atoms with Gasteiger partial charge in [0, 0.05) is 30.0 Å². The Balaban J connectivity index is 1.26. The van der Waals surface area contributed by atoms with Crippen LogP contribution in [0.1, 0.15) is 12.8 Å². The maximum atomic E-state index is 13.0. The van der Waals surface area contributed by atoms with Gasteiger partial charge in [-0.25, -0.2) is 4.39 Å². The van der Waals surface area contributed by atoms with Crippen molar-refractivity contribution in [3.63, 3.8) is 0 Å². The molecular weight excluding hydrogens is 425 g/mol. The predicted octanol–water partition coefficient (Wildman–Crippen LogP) is 4.28. The van der Waals surface area contributed by atoms with Crippen LogP contribution < -0.4 is 15.5 Å². The number of rotatable bonds is 7. The Kier molecular flexibility index (Phi) is 6.24. The Labute approximate surface area is 180 Å². The van der Waals surface area contributed by atoms with Gasteiger partial charge in [0.2, 0.25) is 16.9 Å². The predicted molar refractivity (Wildman–Crippen MR) is 117 cm³/mol. The number of carbonyl (C=O) groups excluding carboxylic acids is 2. The topological polar surface area (TPSA) is 87.2 Å². The molecule has 2 amide bonds. The largest absolute Gasteiger partial charge is 0.330 e. The van der Waals surface area contributed by atoms with Crippen molar-refractivity contribution >= 4 is 57.1 Å². The van der Waals surface area contributed by atoms with Crippen molar-refractivity contribution in [2.24, 2.45) is 0 Å². The molecular formula is C20H18FN5O2S2. The highest BCUT2D eigenvalue weighted by Gasteiger charge is 2.21. The van der Waals surface area contributed by atoms with Crippen LogP contribution in [0.2, 0.25) is 0 Å². The number of benzene rings is 2. The molecule has 0 bridgehead atoms. The zero-order valence-electron chi connectivity index (χ0n) is 15.8. The third kappa shape index (κ3) is 5.14. The molecule has 1 aliphatic rings. The van der Waals surface area contributed by atoms with E-state index < -0.39 is 0 Å². The average Bonchev–Trinajstić information content (AvgIpc) is 3.38. The van der Waals surface area contributed by atoms with Crippen LogP contribution >= 0.6 is 23.1 Å². The standard InChI is InChI=1S/C20H18FN5O2S2/c21-13-3-5-15(6-4-13)23-19-24-25-20(30-19)29-12-17(27)22-14-7-9-16(10-8-14)26-11-1-2-18(26)28/h3-10H,1-2,11-12H2,(H,22,27)(H,23,24). The summed E-state index contributed by atoms with van der Waals surface area (Å²) in [4.78, 5) is 25.8. The minimum Gasteiger partial charge on any atom is -0.330 e. The van der Waals surface area contributed by atoms with Gasteiger partial charge < -0.3 is 15.5 Å². The van der Waals surface area contributed by atoms with E-state index in [9.17, 15) is 14.0 Å². The molecule has 7 nitrogen and oxygen atoms in total. The summed E-state index contributed by atoms with van der Waals surface area (Å²) in [5, 5.41) is 14.5. The van der Waals surface area contributed by atoms with Gasteiger partial charge >= 0.3 is 0 Å². The molecule has 0 radical (unpaired) electrons. The van der Waals surface area contributed by atoms with Crippen LogP contribution in [0.15, 0.2) is 52.9 Å². The van der Waals surface area contributed by atoms with E-state index in [1.165, 1.54) is 35.2 Å². The number of halogens is 1. The number of hydrogen-bond donors (Lipinski definition) is 2. The second kappa shape index (κ2) is 9.23. The Morgan fingerprint density at radius 1 is 1.10 bits per heavy atom. The maximum absolute atomic E-state index is 13.0. The summed E-state index contributed by atoms with van der Waals surface area (Å²) in [6, 6.07) is 13.2. The molecule has 1 aliphatic heterocycles. The zero-order chi connectivity index (χ0) is 20.9. The van der Waals surface area contributed by atoms with Gasteiger partial charge in [-0.05, 0) is 55.0 Å². The lowest BCUT2D eigenvalue weighted by atomic mass is 10.2. The van der Waals surface area contributed by atoms with E-state index in [2.05, 4.69) is 20.8 Å². The van der Waals surface area contributed by atoms with Crippen molar-refractivity contribution in [2.75, 3.05) is 27.8 Å². The quantitative estimate of drug-likeness (QED) is 0.530. The van der Waals surface area contributed by atoms with E-state index in [1.54, 1.807) is 29.2 Å². The second-order valence-corrected chi connectivity index (χ2v) is 8.74. The number of thioether (sulfide) groups is 1. The molecule has 0 unspecified atom stereocenters. The fraction of sp³-hybridized carbons (Fsp3) is 0.200. The lowest BCUT2D eigenvalue weighted by Crippen LogP contribution is -2.23. The lowest BCUT2D eigenvalue weighted by molar-refractivity contribution is -0.117. The van der Waals surface area contributed by atoms with E-state index in [-0.39, 0.29) is 23.4 Å². The lowest BCUT2D eigenvalue weighted by Gasteiger charge is -2.16. The van der Waals surface area contributed by atoms with Crippen LogP contribution in [0.4, 0.5) is 26.6 Å². The molecule has 2 heterocycles. The number of hydrogen-bond acceptors (Lipinski definition) is 7. The fourth-order valence-electron chi connectivity index (χ4n) is 2.95. The first kappa shape index (κ1) is 20.3. The van der Waals surface area contributed by atoms with Gasteiger partial charge in [0.25, 0.3) is 0 Å². The van der Waals surface area contributed by atoms with E-state index in [1.807, 2.05) is 12.1 Å². The van der Waals surface area contributed by atoms with Crippen molar-refractivity contribution in [3.8, 4) is 0 Å². The number of nitrogens with one attached hydrogen (secondary N) is 2. The van der Waals surface area contributed by atoms with Crippen LogP contribution in [-0.4, -0.2) is 34.3 Å². The molecule has 0 atom stereocenters. The maximum Gasteiger partial charge on any atom is 0.234 e. The summed E-state index contributed by atoms with van der Waals surface area (Å²) in [6.07, 6.45) is 1.46. The minimum absolute atomic E-state index is 0.133. The number of amides is 2. The Bertz CT molecular complexity index is 1040. The van der Waals surface area contributed by atoms with E-state index in [0.29, 0.717) is 27.3 Å². The van der Waals surface area contributed by atoms with Crippen molar-refractivity contribution in [3.05, 3.63) is 54.3 Å². The Morgan fingerprint density at radius 3 is 2.53 bits per heavy atom. The Morgan fingerprint density at radius 2 is 1.83 bits per heavy atom. The zero-order valence-corrected chi connectivity index (χ0v) is 17.4. The van der Waals surface area contributed by atoms with E-state index >= 15 is 0 Å². The van der Waals surface area contributed by atoms with Crippen LogP contribution in [0.3, 0.4) is 0 Å². The van der Waals surface area contributed by atoms with Crippen LogP contribution in [0.25, 0.3) is 0 Å². The first-order valence-electron chi connectivity index (χ1n) is 9.26. The van der Waals surface area contributed by atoms with Crippen molar-refractivity contribution in [1.29, 1.82) is 0 Å². The van der Waals surface area contributed by atoms with Crippen LogP contribution in [-0.2, 0) is 9.59 Å². The van der Waals surface area contributed by atoms with Gasteiger partial charge in [-0.2, -0.15) is 0 Å². The second-order valence-electron chi connectivity index (χ2n) is 6.54. The molecule has 2 aromatic carbocycles. The SMILES string of the molecule is O=C(CSc1nnc(Nc2ccc(F)cc2)s1)Nc1ccc(N2CCCC2=O)cc1. The van der Waals surface area contributed by atoms with Crippen molar-refractivity contribution < 1.29 is 14.0 Å². The number of anilines is 4.